The lowest BCUT2D eigenvalue weighted by Crippen LogP contribution is -2.38. The second kappa shape index (κ2) is 9.74. The number of methoxy groups -OCH3 is 1. The van der Waals surface area contributed by atoms with E-state index in [2.05, 4.69) is 20.4 Å². The minimum absolute atomic E-state index is 0.0288. The molecular formula is C24H26N4O4. The van der Waals surface area contributed by atoms with Crippen LogP contribution in [-0.4, -0.2) is 47.1 Å². The van der Waals surface area contributed by atoms with Crippen LogP contribution in [0.2, 0.25) is 0 Å². The van der Waals surface area contributed by atoms with Crippen molar-refractivity contribution in [1.82, 2.24) is 15.0 Å². The molecule has 1 aliphatic rings. The molecule has 0 aliphatic carbocycles. The largest absolute Gasteiger partial charge is 0.465 e. The molecule has 3 aromatic rings. The van der Waals surface area contributed by atoms with Gasteiger partial charge in [-0.3, -0.25) is 9.69 Å². The van der Waals surface area contributed by atoms with Gasteiger partial charge in [-0.05, 0) is 50.6 Å². The summed E-state index contributed by atoms with van der Waals surface area (Å²) in [4.78, 5) is 31.4. The molecule has 0 spiro atoms. The van der Waals surface area contributed by atoms with Crippen molar-refractivity contribution in [2.75, 3.05) is 25.5 Å². The normalized spacial score (nSPS) is 14.8. The van der Waals surface area contributed by atoms with E-state index in [1.165, 1.54) is 7.11 Å². The van der Waals surface area contributed by atoms with E-state index in [0.717, 1.165) is 31.5 Å². The number of benzene rings is 2. The molecule has 166 valence electrons. The van der Waals surface area contributed by atoms with E-state index in [9.17, 15) is 9.59 Å². The highest BCUT2D eigenvalue weighted by Crippen LogP contribution is 2.24. The highest BCUT2D eigenvalue weighted by Gasteiger charge is 2.26. The molecule has 1 amide bonds. The van der Waals surface area contributed by atoms with Crippen molar-refractivity contribution >= 4 is 17.6 Å². The van der Waals surface area contributed by atoms with E-state index in [1.54, 1.807) is 25.1 Å². The number of ether oxygens (including phenoxy) is 1. The second-order valence-corrected chi connectivity index (χ2v) is 7.89. The molecule has 0 atom stereocenters. The Morgan fingerprint density at radius 2 is 1.88 bits per heavy atom. The van der Waals surface area contributed by atoms with Gasteiger partial charge in [-0.15, -0.1) is 0 Å². The Kier molecular flexibility index (Phi) is 6.61. The van der Waals surface area contributed by atoms with Gasteiger partial charge in [0.25, 0.3) is 0 Å². The minimum Gasteiger partial charge on any atom is -0.465 e. The van der Waals surface area contributed by atoms with Crippen LogP contribution in [0.4, 0.5) is 5.69 Å². The van der Waals surface area contributed by atoms with Gasteiger partial charge in [-0.1, -0.05) is 41.6 Å². The molecule has 1 aromatic heterocycles. The van der Waals surface area contributed by atoms with E-state index in [1.807, 2.05) is 30.3 Å². The number of amides is 1. The number of esters is 1. The number of piperidine rings is 1. The van der Waals surface area contributed by atoms with Crippen LogP contribution in [0.3, 0.4) is 0 Å². The summed E-state index contributed by atoms with van der Waals surface area (Å²) in [6.07, 6.45) is 1.47. The van der Waals surface area contributed by atoms with Gasteiger partial charge < -0.3 is 14.6 Å². The van der Waals surface area contributed by atoms with Gasteiger partial charge in [0.15, 0.2) is 0 Å². The number of nitrogens with zero attached hydrogens (tertiary/aromatic N) is 3. The highest BCUT2D eigenvalue weighted by molar-refractivity contribution is 5.97. The van der Waals surface area contributed by atoms with Gasteiger partial charge in [-0.2, -0.15) is 4.98 Å². The van der Waals surface area contributed by atoms with Crippen molar-refractivity contribution in [2.24, 2.45) is 5.92 Å². The highest BCUT2D eigenvalue weighted by atomic mass is 16.5. The Bertz CT molecular complexity index is 1090. The SMILES string of the molecule is COC(=O)c1cccc(NC(=O)C2CCN(Cc3nc(-c4ccccc4)no3)CC2)c1C. The molecule has 1 saturated heterocycles. The van der Waals surface area contributed by atoms with Crippen LogP contribution in [0.1, 0.15) is 34.7 Å². The van der Waals surface area contributed by atoms with Crippen LogP contribution in [0.5, 0.6) is 0 Å². The van der Waals surface area contributed by atoms with E-state index in [-0.39, 0.29) is 11.8 Å². The third-order valence-corrected chi connectivity index (χ3v) is 5.81. The van der Waals surface area contributed by atoms with Crippen molar-refractivity contribution in [3.63, 3.8) is 0 Å². The van der Waals surface area contributed by atoms with Crippen molar-refractivity contribution in [3.05, 3.63) is 65.5 Å². The molecular weight excluding hydrogens is 408 g/mol. The summed E-state index contributed by atoms with van der Waals surface area (Å²) < 4.78 is 10.2. The van der Waals surface area contributed by atoms with Gasteiger partial charge in [0.1, 0.15) is 0 Å². The number of rotatable bonds is 6. The van der Waals surface area contributed by atoms with Crippen molar-refractivity contribution in [3.8, 4) is 11.4 Å². The summed E-state index contributed by atoms with van der Waals surface area (Å²) in [6, 6.07) is 14.9. The van der Waals surface area contributed by atoms with E-state index in [0.29, 0.717) is 35.1 Å². The van der Waals surface area contributed by atoms with Gasteiger partial charge in [0, 0.05) is 17.2 Å². The molecule has 0 saturated carbocycles. The maximum atomic E-state index is 12.8. The van der Waals surface area contributed by atoms with E-state index >= 15 is 0 Å². The fraction of sp³-hybridized carbons (Fsp3) is 0.333. The number of hydrogen-bond donors (Lipinski definition) is 1. The number of likely N-dealkylation sites (tertiary alicyclic amines) is 1. The quantitative estimate of drug-likeness (QED) is 0.591. The molecule has 2 aromatic carbocycles. The van der Waals surface area contributed by atoms with Gasteiger partial charge in [-0.25, -0.2) is 4.79 Å². The van der Waals surface area contributed by atoms with Crippen LogP contribution in [0.15, 0.2) is 53.1 Å². The lowest BCUT2D eigenvalue weighted by molar-refractivity contribution is -0.121. The monoisotopic (exact) mass is 434 g/mol. The first-order valence-corrected chi connectivity index (χ1v) is 10.6. The topological polar surface area (TPSA) is 97.6 Å². The Hall–Kier alpha value is -3.52. The number of carbonyl (C=O) groups is 2. The third-order valence-electron chi connectivity index (χ3n) is 5.81. The first-order valence-electron chi connectivity index (χ1n) is 10.6. The average molecular weight is 434 g/mol. The predicted octanol–water partition coefficient (Wildman–Crippen LogP) is 3.68. The molecule has 1 aliphatic heterocycles. The summed E-state index contributed by atoms with van der Waals surface area (Å²) in [5, 5.41) is 7.05. The standard InChI is InChI=1S/C24H26N4O4/c1-16-19(24(30)31-2)9-6-10-20(16)25-23(29)18-11-13-28(14-12-18)15-21-26-22(27-32-21)17-7-4-3-5-8-17/h3-10,18H,11-15H2,1-2H3,(H,25,29). The molecule has 2 heterocycles. The summed E-state index contributed by atoms with van der Waals surface area (Å²) in [7, 11) is 1.34. The number of anilines is 1. The number of aromatic nitrogens is 2. The maximum Gasteiger partial charge on any atom is 0.338 e. The summed E-state index contributed by atoms with van der Waals surface area (Å²) >= 11 is 0. The predicted molar refractivity (Wildman–Crippen MR) is 119 cm³/mol. The molecule has 4 rings (SSSR count). The van der Waals surface area contributed by atoms with Crippen molar-refractivity contribution in [2.45, 2.75) is 26.3 Å². The Morgan fingerprint density at radius 3 is 2.59 bits per heavy atom. The minimum atomic E-state index is -0.414. The lowest BCUT2D eigenvalue weighted by atomic mass is 9.95. The molecule has 8 nitrogen and oxygen atoms in total. The van der Waals surface area contributed by atoms with Crippen LogP contribution >= 0.6 is 0 Å². The Balaban J connectivity index is 1.31. The average Bonchev–Trinajstić information content (AvgIpc) is 3.29. The summed E-state index contributed by atoms with van der Waals surface area (Å²) in [6.45, 7) is 3.90. The van der Waals surface area contributed by atoms with E-state index < -0.39 is 5.97 Å². The van der Waals surface area contributed by atoms with Crippen LogP contribution in [-0.2, 0) is 16.1 Å². The molecule has 1 fully saturated rings. The van der Waals surface area contributed by atoms with Crippen LogP contribution in [0.25, 0.3) is 11.4 Å². The smallest absolute Gasteiger partial charge is 0.338 e. The number of hydrogen-bond acceptors (Lipinski definition) is 7. The van der Waals surface area contributed by atoms with Crippen LogP contribution < -0.4 is 5.32 Å². The van der Waals surface area contributed by atoms with Gasteiger partial charge in [0.2, 0.25) is 17.6 Å². The number of nitrogens with one attached hydrogen (secondary N) is 1. The van der Waals surface area contributed by atoms with E-state index in [4.69, 9.17) is 9.26 Å². The fourth-order valence-electron chi connectivity index (χ4n) is 3.91. The van der Waals surface area contributed by atoms with Gasteiger partial charge in [0.05, 0.1) is 19.2 Å². The zero-order valence-corrected chi connectivity index (χ0v) is 18.2. The maximum absolute atomic E-state index is 12.8. The second-order valence-electron chi connectivity index (χ2n) is 7.89. The molecule has 0 unspecified atom stereocenters. The van der Waals surface area contributed by atoms with Gasteiger partial charge >= 0.3 is 5.97 Å². The Labute approximate surface area is 186 Å². The lowest BCUT2D eigenvalue weighted by Gasteiger charge is -2.30. The van der Waals surface area contributed by atoms with Crippen molar-refractivity contribution in [1.29, 1.82) is 0 Å². The van der Waals surface area contributed by atoms with Crippen molar-refractivity contribution < 1.29 is 18.8 Å². The Morgan fingerprint density at radius 1 is 1.12 bits per heavy atom. The zero-order chi connectivity index (χ0) is 22.5. The molecule has 32 heavy (non-hydrogen) atoms. The first kappa shape index (κ1) is 21.7. The van der Waals surface area contributed by atoms with Crippen LogP contribution in [0, 0.1) is 12.8 Å². The zero-order valence-electron chi connectivity index (χ0n) is 18.2. The summed E-state index contributed by atoms with van der Waals surface area (Å²) in [5.41, 5.74) is 2.72. The molecule has 0 radical (unpaired) electrons. The summed E-state index contributed by atoms with van der Waals surface area (Å²) in [5.74, 6) is 0.624. The number of carbonyl (C=O) groups excluding carboxylic acids is 2. The molecule has 8 heteroatoms. The molecule has 1 N–H and O–H groups in total. The third kappa shape index (κ3) is 4.86. The first-order chi connectivity index (χ1) is 15.5. The fourth-order valence-corrected chi connectivity index (χ4v) is 3.91. The molecule has 0 bridgehead atoms.